The van der Waals surface area contributed by atoms with Gasteiger partial charge in [-0.25, -0.2) is 0 Å². The number of likely N-dealkylation sites (N-methyl/N-ethyl adjacent to an activating group) is 1. The highest BCUT2D eigenvalue weighted by Gasteiger charge is 2.23. The third-order valence-electron chi connectivity index (χ3n) is 7.55. The number of aliphatic hydroxyl groups excluding tert-OH is 1. The second kappa shape index (κ2) is 19.0. The molecule has 2 N–H and O–H groups in total. The molecule has 0 spiro atoms. The van der Waals surface area contributed by atoms with Gasteiger partial charge in [0.2, 0.25) is 5.43 Å². The smallest absolute Gasteiger partial charge is 0.257 e. The van der Waals surface area contributed by atoms with E-state index in [1.54, 1.807) is 32.5 Å². The lowest BCUT2D eigenvalue weighted by molar-refractivity contribution is 0.0543. The number of fused-ring (bicyclic) bond motifs is 1. The molecule has 11 nitrogen and oxygen atoms in total. The predicted octanol–water partition coefficient (Wildman–Crippen LogP) is 4.55. The van der Waals surface area contributed by atoms with E-state index < -0.39 is 12.0 Å². The van der Waals surface area contributed by atoms with Gasteiger partial charge in [0, 0.05) is 62.6 Å². The van der Waals surface area contributed by atoms with Crippen LogP contribution in [0.5, 0.6) is 5.75 Å². The molecule has 0 aliphatic rings. The first kappa shape index (κ1) is 37.5. The largest absolute Gasteiger partial charge is 0.491 e. The maximum atomic E-state index is 13.7. The number of ether oxygens (including phenoxy) is 5. The van der Waals surface area contributed by atoms with Crippen molar-refractivity contribution >= 4 is 39.1 Å². The van der Waals surface area contributed by atoms with Gasteiger partial charge < -0.3 is 38.7 Å². The van der Waals surface area contributed by atoms with Crippen LogP contribution in [-0.4, -0.2) is 87.9 Å². The number of nitrogens with one attached hydrogen (secondary N) is 1. The van der Waals surface area contributed by atoms with Gasteiger partial charge >= 0.3 is 0 Å². The minimum absolute atomic E-state index is 0.0611. The number of methoxy groups -OCH3 is 2. The Bertz CT molecular complexity index is 1680. The third kappa shape index (κ3) is 10.6. The van der Waals surface area contributed by atoms with Crippen molar-refractivity contribution in [2.24, 2.45) is 7.05 Å². The Morgan fingerprint density at radius 1 is 1.02 bits per heavy atom. The van der Waals surface area contributed by atoms with E-state index >= 15 is 0 Å². The van der Waals surface area contributed by atoms with Gasteiger partial charge in [-0.05, 0) is 42.4 Å². The second-order valence-electron chi connectivity index (χ2n) is 11.3. The number of benzene rings is 2. The van der Waals surface area contributed by atoms with Crippen molar-refractivity contribution in [3.05, 3.63) is 97.1 Å². The van der Waals surface area contributed by atoms with Crippen molar-refractivity contribution in [1.82, 2.24) is 14.8 Å². The molecule has 0 aliphatic carbocycles. The molecule has 0 saturated heterocycles. The number of hydrogen-bond donors (Lipinski definition) is 2. The molecule has 1 unspecified atom stereocenters. The van der Waals surface area contributed by atoms with Gasteiger partial charge in [0.1, 0.15) is 17.9 Å². The van der Waals surface area contributed by atoms with E-state index in [4.69, 9.17) is 35.3 Å². The first-order valence-corrected chi connectivity index (χ1v) is 16.8. The molecule has 4 aromatic rings. The summed E-state index contributed by atoms with van der Waals surface area (Å²) in [5.41, 5.74) is 2.90. The fourth-order valence-corrected chi connectivity index (χ4v) is 6.59. The molecule has 0 radical (unpaired) electrons. The zero-order valence-corrected chi connectivity index (χ0v) is 29.4. The Labute approximate surface area is 289 Å². The molecule has 0 saturated carbocycles. The van der Waals surface area contributed by atoms with E-state index in [0.717, 1.165) is 27.1 Å². The number of hydrogen-bond acceptors (Lipinski definition) is 10. The van der Waals surface area contributed by atoms with Crippen LogP contribution in [0.25, 0.3) is 10.2 Å². The molecule has 0 fully saturated rings. The van der Waals surface area contributed by atoms with Crippen LogP contribution in [0.4, 0.5) is 0 Å². The van der Waals surface area contributed by atoms with Gasteiger partial charge in [-0.15, -0.1) is 11.3 Å². The zero-order chi connectivity index (χ0) is 34.5. The Morgan fingerprint density at radius 2 is 1.73 bits per heavy atom. The molecule has 2 aromatic heterocycles. The monoisotopic (exact) mass is 701 g/mol. The molecule has 260 valence electrons. The van der Waals surface area contributed by atoms with Crippen LogP contribution in [0.2, 0.25) is 5.02 Å². The molecular weight excluding hydrogens is 658 g/mol. The summed E-state index contributed by atoms with van der Waals surface area (Å²) in [7, 11) is 6.97. The van der Waals surface area contributed by atoms with Crippen molar-refractivity contribution < 1.29 is 33.6 Å². The Morgan fingerprint density at radius 3 is 2.46 bits per heavy atom. The van der Waals surface area contributed by atoms with Crippen LogP contribution in [0.3, 0.4) is 0 Å². The number of halogens is 1. The number of carbonyl (C=O) groups is 1. The van der Waals surface area contributed by atoms with Gasteiger partial charge in [-0.2, -0.15) is 0 Å². The summed E-state index contributed by atoms with van der Waals surface area (Å²) in [6, 6.07) is 14.5. The number of amides is 1. The minimum Gasteiger partial charge on any atom is -0.491 e. The standard InChI is InChI=1S/C35H44ClN3O8S/c1-38(21-30(40)25-6-5-7-27(18-25)47-17-16-45-14-12-43-3)22-31-29(23-46-15-13-44-4)32-34(48-31)33(41)28(20-39(32)2)35(42)37-19-24-8-10-26(36)11-9-24/h5-11,18,20,30,40H,12-17,19,21-23H2,1-4H3,(H,37,42). The highest BCUT2D eigenvalue weighted by atomic mass is 35.5. The molecule has 48 heavy (non-hydrogen) atoms. The molecule has 2 aromatic carbocycles. The fraction of sp³-hybridized carbons (Fsp3) is 0.429. The summed E-state index contributed by atoms with van der Waals surface area (Å²) in [4.78, 5) is 29.8. The van der Waals surface area contributed by atoms with E-state index in [0.29, 0.717) is 68.2 Å². The second-order valence-corrected chi connectivity index (χ2v) is 12.8. The van der Waals surface area contributed by atoms with Crippen LogP contribution < -0.4 is 15.5 Å². The lowest BCUT2D eigenvalue weighted by Crippen LogP contribution is -2.29. The van der Waals surface area contributed by atoms with Crippen molar-refractivity contribution in [1.29, 1.82) is 0 Å². The van der Waals surface area contributed by atoms with Gasteiger partial charge in [0.05, 0.1) is 56.0 Å². The summed E-state index contributed by atoms with van der Waals surface area (Å²) < 4.78 is 29.6. The van der Waals surface area contributed by atoms with Crippen LogP contribution in [-0.2, 0) is 45.7 Å². The van der Waals surface area contributed by atoms with E-state index in [9.17, 15) is 14.7 Å². The number of aromatic nitrogens is 1. The van der Waals surface area contributed by atoms with Gasteiger partial charge in [0.15, 0.2) is 0 Å². The van der Waals surface area contributed by atoms with Gasteiger partial charge in [0.25, 0.3) is 5.91 Å². The van der Waals surface area contributed by atoms with E-state index in [2.05, 4.69) is 5.32 Å². The number of rotatable bonds is 20. The van der Waals surface area contributed by atoms with Crippen LogP contribution in [0.15, 0.2) is 59.5 Å². The number of aliphatic hydroxyl groups is 1. The predicted molar refractivity (Wildman–Crippen MR) is 187 cm³/mol. The average Bonchev–Trinajstić information content (AvgIpc) is 3.44. The molecule has 2 heterocycles. The summed E-state index contributed by atoms with van der Waals surface area (Å²) >= 11 is 7.32. The molecule has 13 heteroatoms. The number of thiophene rings is 1. The summed E-state index contributed by atoms with van der Waals surface area (Å²) in [6.07, 6.45) is 0.792. The van der Waals surface area contributed by atoms with Crippen LogP contribution >= 0.6 is 22.9 Å². The summed E-state index contributed by atoms with van der Waals surface area (Å²) in [5.74, 6) is 0.193. The quantitative estimate of drug-likeness (QED) is 0.128. The SMILES string of the molecule is COCCOCCOc1cccc(C(O)CN(C)Cc2sc3c(=O)c(C(=O)NCc4ccc(Cl)cc4)cn(C)c3c2COCCOC)c1. The van der Waals surface area contributed by atoms with E-state index in [1.807, 2.05) is 60.0 Å². The number of carbonyl (C=O) groups excluding carboxylic acids is 1. The lowest BCUT2D eigenvalue weighted by atomic mass is 10.1. The first-order chi connectivity index (χ1) is 23.2. The molecule has 1 amide bonds. The van der Waals surface area contributed by atoms with Gasteiger partial charge in [-0.3, -0.25) is 14.5 Å². The zero-order valence-electron chi connectivity index (χ0n) is 27.8. The van der Waals surface area contributed by atoms with E-state index in [-0.39, 0.29) is 24.1 Å². The van der Waals surface area contributed by atoms with Crippen LogP contribution in [0.1, 0.15) is 38.0 Å². The molecule has 0 aliphatic heterocycles. The van der Waals surface area contributed by atoms with Gasteiger partial charge in [-0.1, -0.05) is 35.9 Å². The molecule has 1 atom stereocenters. The number of aryl methyl sites for hydroxylation is 1. The number of pyridine rings is 1. The van der Waals surface area contributed by atoms with Crippen LogP contribution in [0, 0.1) is 0 Å². The minimum atomic E-state index is -0.783. The normalized spacial score (nSPS) is 12.1. The maximum Gasteiger partial charge on any atom is 0.257 e. The third-order valence-corrected chi connectivity index (χ3v) is 9.00. The highest BCUT2D eigenvalue weighted by Crippen LogP contribution is 2.32. The average molecular weight is 702 g/mol. The molecule has 0 bridgehead atoms. The Kier molecular flexibility index (Phi) is 14.8. The van der Waals surface area contributed by atoms with Crippen molar-refractivity contribution in [2.45, 2.75) is 25.8 Å². The van der Waals surface area contributed by atoms with Crippen molar-refractivity contribution in [3.63, 3.8) is 0 Å². The molecular formula is C35H44ClN3O8S. The number of nitrogens with zero attached hydrogens (tertiary/aromatic N) is 2. The molecule has 4 rings (SSSR count). The Hall–Kier alpha value is -3.33. The van der Waals surface area contributed by atoms with Crippen molar-refractivity contribution in [3.8, 4) is 5.75 Å². The maximum absolute atomic E-state index is 13.7. The fourth-order valence-electron chi connectivity index (χ4n) is 5.09. The first-order valence-electron chi connectivity index (χ1n) is 15.6. The Balaban J connectivity index is 1.49. The summed E-state index contributed by atoms with van der Waals surface area (Å²) in [5, 5.41) is 14.6. The summed E-state index contributed by atoms with van der Waals surface area (Å²) in [6.45, 7) is 3.97. The topological polar surface area (TPSA) is 121 Å². The van der Waals surface area contributed by atoms with E-state index in [1.165, 1.54) is 11.3 Å². The van der Waals surface area contributed by atoms with Crippen molar-refractivity contribution in [2.75, 3.05) is 67.5 Å². The highest BCUT2D eigenvalue weighted by molar-refractivity contribution is 7.19. The lowest BCUT2D eigenvalue weighted by Gasteiger charge is -2.21.